The lowest BCUT2D eigenvalue weighted by atomic mass is 10.1. The summed E-state index contributed by atoms with van der Waals surface area (Å²) >= 11 is 1.77. The molecule has 0 radical (unpaired) electrons. The molecule has 0 spiro atoms. The molecule has 0 saturated heterocycles. The molecule has 0 bridgehead atoms. The molecule has 0 N–H and O–H groups in total. The first kappa shape index (κ1) is 12.0. The summed E-state index contributed by atoms with van der Waals surface area (Å²) < 4.78 is 0. The normalized spacial score (nSPS) is 10.3. The van der Waals surface area contributed by atoms with E-state index < -0.39 is 0 Å². The van der Waals surface area contributed by atoms with Gasteiger partial charge in [0.15, 0.2) is 0 Å². The van der Waals surface area contributed by atoms with E-state index >= 15 is 0 Å². The minimum Gasteiger partial charge on any atom is -0.256 e. The second kappa shape index (κ2) is 5.72. The molecule has 3 aromatic rings. The van der Waals surface area contributed by atoms with Crippen molar-refractivity contribution in [3.8, 4) is 11.3 Å². The Kier molecular flexibility index (Phi) is 3.61. The Morgan fingerprint density at radius 3 is 2.21 bits per heavy atom. The Hall–Kier alpha value is -2.06. The highest BCUT2D eigenvalue weighted by atomic mass is 32.2. The molecule has 0 fully saturated rings. The molecule has 0 aliphatic rings. The number of hydrogen-bond donors (Lipinski definition) is 0. The number of hydrogen-bond acceptors (Lipinski definition) is 2. The first-order valence-electron chi connectivity index (χ1n) is 6.17. The topological polar surface area (TPSA) is 12.9 Å². The first-order chi connectivity index (χ1) is 9.43. The van der Waals surface area contributed by atoms with Gasteiger partial charge >= 0.3 is 0 Å². The van der Waals surface area contributed by atoms with E-state index in [1.165, 1.54) is 15.4 Å². The van der Waals surface area contributed by atoms with Crippen LogP contribution in [0.5, 0.6) is 0 Å². The molecular weight excluding hydrogens is 250 g/mol. The standard InChI is InChI=1S/C17H13NS/c1-2-8-14(9-3-1)19-17-12-5-4-10-15(17)16-11-6-7-13-18-16/h1-13H. The van der Waals surface area contributed by atoms with Crippen LogP contribution in [0.4, 0.5) is 0 Å². The van der Waals surface area contributed by atoms with Crippen molar-refractivity contribution in [2.75, 3.05) is 0 Å². The maximum atomic E-state index is 4.44. The fourth-order valence-electron chi connectivity index (χ4n) is 1.90. The van der Waals surface area contributed by atoms with Crippen LogP contribution in [0.1, 0.15) is 0 Å². The predicted octanol–water partition coefficient (Wildman–Crippen LogP) is 4.90. The molecule has 0 aliphatic heterocycles. The molecule has 0 unspecified atom stereocenters. The largest absolute Gasteiger partial charge is 0.256 e. The van der Waals surface area contributed by atoms with Gasteiger partial charge in [-0.05, 0) is 30.3 Å². The van der Waals surface area contributed by atoms with E-state index in [-0.39, 0.29) is 0 Å². The summed E-state index contributed by atoms with van der Waals surface area (Å²) in [6, 6.07) is 24.8. The Morgan fingerprint density at radius 1 is 0.684 bits per heavy atom. The summed E-state index contributed by atoms with van der Waals surface area (Å²) in [7, 11) is 0. The molecule has 2 heteroatoms. The first-order valence-corrected chi connectivity index (χ1v) is 6.98. The van der Waals surface area contributed by atoms with Gasteiger partial charge in [0.2, 0.25) is 0 Å². The maximum Gasteiger partial charge on any atom is 0.0713 e. The Bertz CT molecular complexity index is 650. The van der Waals surface area contributed by atoms with Crippen molar-refractivity contribution in [1.29, 1.82) is 0 Å². The molecule has 3 rings (SSSR count). The van der Waals surface area contributed by atoms with E-state index in [0.29, 0.717) is 0 Å². The molecule has 2 aromatic carbocycles. The van der Waals surface area contributed by atoms with E-state index in [1.54, 1.807) is 11.8 Å². The highest BCUT2D eigenvalue weighted by molar-refractivity contribution is 7.99. The number of aromatic nitrogens is 1. The predicted molar refractivity (Wildman–Crippen MR) is 80.2 cm³/mol. The fourth-order valence-corrected chi connectivity index (χ4v) is 2.88. The van der Waals surface area contributed by atoms with Gasteiger partial charge in [-0.1, -0.05) is 54.2 Å². The number of pyridine rings is 1. The Balaban J connectivity index is 1.99. The molecule has 19 heavy (non-hydrogen) atoms. The third-order valence-corrected chi connectivity index (χ3v) is 3.88. The zero-order chi connectivity index (χ0) is 12.9. The quantitative estimate of drug-likeness (QED) is 0.666. The molecular formula is C17H13NS. The van der Waals surface area contributed by atoms with Crippen molar-refractivity contribution < 1.29 is 0 Å². The molecule has 92 valence electrons. The molecule has 1 nitrogen and oxygen atoms in total. The zero-order valence-electron chi connectivity index (χ0n) is 10.4. The van der Waals surface area contributed by atoms with Gasteiger partial charge in [-0.3, -0.25) is 4.98 Å². The van der Waals surface area contributed by atoms with Crippen LogP contribution < -0.4 is 0 Å². The summed E-state index contributed by atoms with van der Waals surface area (Å²) in [5.41, 5.74) is 2.19. The molecule has 0 aliphatic carbocycles. The highest BCUT2D eigenvalue weighted by Crippen LogP contribution is 2.34. The molecule has 1 aromatic heterocycles. The lowest BCUT2D eigenvalue weighted by Gasteiger charge is -2.08. The SMILES string of the molecule is c1ccc(Sc2ccccc2-c2ccccn2)cc1. The van der Waals surface area contributed by atoms with E-state index in [0.717, 1.165) is 5.69 Å². The van der Waals surface area contributed by atoms with Crippen LogP contribution in [0.15, 0.2) is 88.8 Å². The van der Waals surface area contributed by atoms with E-state index in [4.69, 9.17) is 0 Å². The Morgan fingerprint density at radius 2 is 1.42 bits per heavy atom. The summed E-state index contributed by atoms with van der Waals surface area (Å²) in [6.45, 7) is 0. The van der Waals surface area contributed by atoms with Gasteiger partial charge in [0.05, 0.1) is 5.69 Å². The van der Waals surface area contributed by atoms with Crippen molar-refractivity contribution in [2.24, 2.45) is 0 Å². The van der Waals surface area contributed by atoms with E-state index in [2.05, 4.69) is 53.5 Å². The number of rotatable bonds is 3. The minimum absolute atomic E-state index is 1.02. The maximum absolute atomic E-state index is 4.44. The average molecular weight is 263 g/mol. The van der Waals surface area contributed by atoms with Crippen LogP contribution in [0.2, 0.25) is 0 Å². The summed E-state index contributed by atoms with van der Waals surface area (Å²) in [4.78, 5) is 6.91. The van der Waals surface area contributed by atoms with Gasteiger partial charge in [-0.15, -0.1) is 0 Å². The van der Waals surface area contributed by atoms with E-state index in [1.807, 2.05) is 30.5 Å². The summed E-state index contributed by atoms with van der Waals surface area (Å²) in [5.74, 6) is 0. The second-order valence-electron chi connectivity index (χ2n) is 4.13. The van der Waals surface area contributed by atoms with Crippen LogP contribution in [0.3, 0.4) is 0 Å². The van der Waals surface area contributed by atoms with Crippen LogP contribution in [0, 0.1) is 0 Å². The Labute approximate surface area is 117 Å². The molecule has 0 saturated carbocycles. The van der Waals surface area contributed by atoms with Crippen LogP contribution in [-0.4, -0.2) is 4.98 Å². The lowest BCUT2D eigenvalue weighted by Crippen LogP contribution is -1.85. The van der Waals surface area contributed by atoms with Crippen LogP contribution >= 0.6 is 11.8 Å². The van der Waals surface area contributed by atoms with E-state index in [9.17, 15) is 0 Å². The van der Waals surface area contributed by atoms with Gasteiger partial charge in [0, 0.05) is 21.6 Å². The van der Waals surface area contributed by atoms with Crippen molar-refractivity contribution in [3.05, 3.63) is 79.0 Å². The van der Waals surface area contributed by atoms with Gasteiger partial charge < -0.3 is 0 Å². The van der Waals surface area contributed by atoms with Crippen LogP contribution in [-0.2, 0) is 0 Å². The van der Waals surface area contributed by atoms with Gasteiger partial charge in [0.25, 0.3) is 0 Å². The third kappa shape index (κ3) is 2.85. The average Bonchev–Trinajstić information content (AvgIpc) is 2.50. The van der Waals surface area contributed by atoms with Crippen molar-refractivity contribution in [1.82, 2.24) is 4.98 Å². The van der Waals surface area contributed by atoms with Crippen LogP contribution in [0.25, 0.3) is 11.3 Å². The van der Waals surface area contributed by atoms with Crippen molar-refractivity contribution >= 4 is 11.8 Å². The molecule has 0 amide bonds. The number of benzene rings is 2. The van der Waals surface area contributed by atoms with Gasteiger partial charge in [-0.25, -0.2) is 0 Å². The molecule has 0 atom stereocenters. The highest BCUT2D eigenvalue weighted by Gasteiger charge is 2.06. The van der Waals surface area contributed by atoms with Gasteiger partial charge in [0.1, 0.15) is 0 Å². The van der Waals surface area contributed by atoms with Crippen molar-refractivity contribution in [2.45, 2.75) is 9.79 Å². The third-order valence-electron chi connectivity index (χ3n) is 2.80. The second-order valence-corrected chi connectivity index (χ2v) is 5.24. The van der Waals surface area contributed by atoms with Crippen molar-refractivity contribution in [3.63, 3.8) is 0 Å². The summed E-state index contributed by atoms with van der Waals surface area (Å²) in [5, 5.41) is 0. The van der Waals surface area contributed by atoms with Gasteiger partial charge in [-0.2, -0.15) is 0 Å². The monoisotopic (exact) mass is 263 g/mol. The smallest absolute Gasteiger partial charge is 0.0713 e. The lowest BCUT2D eigenvalue weighted by molar-refractivity contribution is 1.29. The molecule has 1 heterocycles. The zero-order valence-corrected chi connectivity index (χ0v) is 11.2. The summed E-state index contributed by atoms with van der Waals surface area (Å²) in [6.07, 6.45) is 1.83. The number of nitrogens with zero attached hydrogens (tertiary/aromatic N) is 1. The minimum atomic E-state index is 1.02. The fraction of sp³-hybridized carbons (Fsp3) is 0.